The highest BCUT2D eigenvalue weighted by Crippen LogP contribution is 2.22. The largest absolute Gasteiger partial charge is 0.497 e. The summed E-state index contributed by atoms with van der Waals surface area (Å²) in [6, 6.07) is 13.0. The Bertz CT molecular complexity index is 1080. The van der Waals surface area contributed by atoms with E-state index in [-0.39, 0.29) is 18.2 Å². The van der Waals surface area contributed by atoms with Crippen LogP contribution in [0.2, 0.25) is 0 Å². The van der Waals surface area contributed by atoms with Gasteiger partial charge in [-0.1, -0.05) is 23.5 Å². The molecule has 3 rings (SSSR count). The Labute approximate surface area is 172 Å². The molecule has 2 amide bonds. The molecule has 7 nitrogen and oxygen atoms in total. The quantitative estimate of drug-likeness (QED) is 0.646. The number of carbonyl (C=O) groups excluding carboxylic acids is 2. The lowest BCUT2D eigenvalue weighted by Crippen LogP contribution is -2.19. The van der Waals surface area contributed by atoms with Crippen molar-refractivity contribution in [3.8, 4) is 5.75 Å². The summed E-state index contributed by atoms with van der Waals surface area (Å²) >= 11 is 1.41. The molecule has 0 saturated carbocycles. The van der Waals surface area contributed by atoms with E-state index in [1.54, 1.807) is 14.2 Å². The van der Waals surface area contributed by atoms with E-state index in [9.17, 15) is 9.59 Å². The molecule has 152 valence electrons. The molecule has 2 aromatic carbocycles. The van der Waals surface area contributed by atoms with Crippen LogP contribution in [-0.4, -0.2) is 37.2 Å². The van der Waals surface area contributed by atoms with Gasteiger partial charge in [0, 0.05) is 26.3 Å². The summed E-state index contributed by atoms with van der Waals surface area (Å²) in [5.41, 5.74) is 2.52. The van der Waals surface area contributed by atoms with E-state index in [4.69, 9.17) is 9.47 Å². The number of rotatable bonds is 7. The highest BCUT2D eigenvalue weighted by Gasteiger charge is 2.10. The fourth-order valence-corrected chi connectivity index (χ4v) is 4.02. The van der Waals surface area contributed by atoms with Crippen molar-refractivity contribution in [2.45, 2.75) is 19.9 Å². The van der Waals surface area contributed by atoms with Gasteiger partial charge in [-0.05, 0) is 35.9 Å². The van der Waals surface area contributed by atoms with Gasteiger partial charge in [-0.2, -0.15) is 4.99 Å². The SMILES string of the molecule is COCCn1c(=NC(=O)Cc2ccc(OC)cc2)sc2cc(NC(C)=O)ccc21. The molecule has 8 heteroatoms. The molecule has 0 radical (unpaired) electrons. The van der Waals surface area contributed by atoms with E-state index in [1.165, 1.54) is 18.3 Å². The second-order valence-corrected chi connectivity index (χ2v) is 7.43. The first kappa shape index (κ1) is 20.8. The Morgan fingerprint density at radius 1 is 1.14 bits per heavy atom. The number of benzene rings is 2. The van der Waals surface area contributed by atoms with Crippen molar-refractivity contribution < 1.29 is 19.1 Å². The van der Waals surface area contributed by atoms with Crippen molar-refractivity contribution in [3.05, 3.63) is 52.8 Å². The highest BCUT2D eigenvalue weighted by molar-refractivity contribution is 7.16. The average molecular weight is 413 g/mol. The maximum Gasteiger partial charge on any atom is 0.252 e. The lowest BCUT2D eigenvalue weighted by Gasteiger charge is -2.06. The maximum absolute atomic E-state index is 12.6. The molecule has 0 unspecified atom stereocenters. The molecule has 0 saturated heterocycles. The smallest absolute Gasteiger partial charge is 0.252 e. The number of fused-ring (bicyclic) bond motifs is 1. The molecule has 1 N–H and O–H groups in total. The summed E-state index contributed by atoms with van der Waals surface area (Å²) in [5, 5.41) is 2.78. The van der Waals surface area contributed by atoms with Gasteiger partial charge in [-0.3, -0.25) is 9.59 Å². The molecule has 3 aromatic rings. The van der Waals surface area contributed by atoms with Crippen LogP contribution in [0.25, 0.3) is 10.2 Å². The summed E-state index contributed by atoms with van der Waals surface area (Å²) in [4.78, 5) is 28.8. The minimum Gasteiger partial charge on any atom is -0.497 e. The van der Waals surface area contributed by atoms with Gasteiger partial charge in [-0.25, -0.2) is 0 Å². The zero-order valence-electron chi connectivity index (χ0n) is 16.6. The number of carbonyl (C=O) groups is 2. The van der Waals surface area contributed by atoms with Crippen molar-refractivity contribution in [1.82, 2.24) is 4.57 Å². The van der Waals surface area contributed by atoms with E-state index in [2.05, 4.69) is 10.3 Å². The zero-order chi connectivity index (χ0) is 20.8. The fraction of sp³-hybridized carbons (Fsp3) is 0.286. The third-order valence-corrected chi connectivity index (χ3v) is 5.30. The lowest BCUT2D eigenvalue weighted by molar-refractivity contribution is -0.117. The van der Waals surface area contributed by atoms with Crippen LogP contribution in [0.15, 0.2) is 47.5 Å². The van der Waals surface area contributed by atoms with Crippen molar-refractivity contribution in [2.24, 2.45) is 4.99 Å². The normalized spacial score (nSPS) is 11.6. The molecule has 0 atom stereocenters. The molecule has 0 aliphatic rings. The number of nitrogens with one attached hydrogen (secondary N) is 1. The summed E-state index contributed by atoms with van der Waals surface area (Å²) in [6.45, 7) is 2.54. The average Bonchev–Trinajstić information content (AvgIpc) is 3.02. The molecule has 1 heterocycles. The molecule has 0 aliphatic carbocycles. The van der Waals surface area contributed by atoms with Crippen LogP contribution in [0.5, 0.6) is 5.75 Å². The summed E-state index contributed by atoms with van der Waals surface area (Å²) < 4.78 is 13.2. The van der Waals surface area contributed by atoms with Crippen LogP contribution in [-0.2, 0) is 27.3 Å². The molecule has 29 heavy (non-hydrogen) atoms. The topological polar surface area (TPSA) is 81.9 Å². The van der Waals surface area contributed by atoms with E-state index in [1.807, 2.05) is 47.0 Å². The van der Waals surface area contributed by atoms with Crippen LogP contribution in [0.1, 0.15) is 12.5 Å². The van der Waals surface area contributed by atoms with Crippen LogP contribution < -0.4 is 14.9 Å². The number of anilines is 1. The number of hydrogen-bond acceptors (Lipinski definition) is 5. The minimum atomic E-state index is -0.227. The number of aromatic nitrogens is 1. The van der Waals surface area contributed by atoms with E-state index in [0.29, 0.717) is 23.6 Å². The van der Waals surface area contributed by atoms with Crippen molar-refractivity contribution in [3.63, 3.8) is 0 Å². The monoisotopic (exact) mass is 413 g/mol. The van der Waals surface area contributed by atoms with Crippen LogP contribution in [0.3, 0.4) is 0 Å². The fourth-order valence-electron chi connectivity index (χ4n) is 2.90. The van der Waals surface area contributed by atoms with Crippen LogP contribution in [0.4, 0.5) is 5.69 Å². The van der Waals surface area contributed by atoms with Gasteiger partial charge in [0.25, 0.3) is 5.91 Å². The van der Waals surface area contributed by atoms with Gasteiger partial charge in [0.05, 0.1) is 30.4 Å². The number of thiazole rings is 1. The summed E-state index contributed by atoms with van der Waals surface area (Å²) in [7, 11) is 3.24. The molecule has 0 spiro atoms. The van der Waals surface area contributed by atoms with E-state index < -0.39 is 0 Å². The predicted molar refractivity (Wildman–Crippen MR) is 113 cm³/mol. The Hall–Kier alpha value is -2.97. The molecule has 1 aromatic heterocycles. The summed E-state index contributed by atoms with van der Waals surface area (Å²) in [6.07, 6.45) is 0.208. The first-order valence-corrected chi connectivity index (χ1v) is 9.92. The molecule has 0 bridgehead atoms. The first-order chi connectivity index (χ1) is 14.0. The second kappa shape index (κ2) is 9.49. The van der Waals surface area contributed by atoms with Gasteiger partial charge < -0.3 is 19.4 Å². The number of methoxy groups -OCH3 is 2. The number of nitrogens with zero attached hydrogens (tertiary/aromatic N) is 2. The third-order valence-electron chi connectivity index (χ3n) is 4.26. The van der Waals surface area contributed by atoms with Crippen molar-refractivity contribution in [2.75, 3.05) is 26.1 Å². The van der Waals surface area contributed by atoms with Gasteiger partial charge in [0.1, 0.15) is 5.75 Å². The maximum atomic E-state index is 12.6. The Morgan fingerprint density at radius 3 is 2.55 bits per heavy atom. The van der Waals surface area contributed by atoms with E-state index >= 15 is 0 Å². The Morgan fingerprint density at radius 2 is 1.90 bits per heavy atom. The van der Waals surface area contributed by atoms with E-state index in [0.717, 1.165) is 21.5 Å². The van der Waals surface area contributed by atoms with Gasteiger partial charge in [-0.15, -0.1) is 0 Å². The third kappa shape index (κ3) is 5.30. The molecular formula is C21H23N3O4S. The molecule has 0 fully saturated rings. The van der Waals surface area contributed by atoms with Crippen LogP contribution >= 0.6 is 11.3 Å². The number of amides is 2. The molecule has 0 aliphatic heterocycles. The lowest BCUT2D eigenvalue weighted by atomic mass is 10.1. The van der Waals surface area contributed by atoms with Gasteiger partial charge in [0.2, 0.25) is 5.91 Å². The minimum absolute atomic E-state index is 0.132. The molecular weight excluding hydrogens is 390 g/mol. The van der Waals surface area contributed by atoms with Crippen molar-refractivity contribution >= 4 is 39.1 Å². The number of ether oxygens (including phenoxy) is 2. The predicted octanol–water partition coefficient (Wildman–Crippen LogP) is 2.99. The number of hydrogen-bond donors (Lipinski definition) is 1. The van der Waals surface area contributed by atoms with Crippen molar-refractivity contribution in [1.29, 1.82) is 0 Å². The zero-order valence-corrected chi connectivity index (χ0v) is 17.4. The Kier molecular flexibility index (Phi) is 6.79. The van der Waals surface area contributed by atoms with Gasteiger partial charge in [0.15, 0.2) is 4.80 Å². The summed E-state index contributed by atoms with van der Waals surface area (Å²) in [5.74, 6) is 0.387. The van der Waals surface area contributed by atoms with Crippen LogP contribution in [0, 0.1) is 0 Å². The highest BCUT2D eigenvalue weighted by atomic mass is 32.1. The Balaban J connectivity index is 1.93. The second-order valence-electron chi connectivity index (χ2n) is 6.42. The standard InChI is InChI=1S/C21H23N3O4S/c1-14(25)22-16-6-9-18-19(13-16)29-21(24(18)10-11-27-2)23-20(26)12-15-4-7-17(28-3)8-5-15/h4-9,13H,10-12H2,1-3H3,(H,22,25). The van der Waals surface area contributed by atoms with Gasteiger partial charge >= 0.3 is 0 Å². The first-order valence-electron chi connectivity index (χ1n) is 9.10.